The Balaban J connectivity index is 1.50. The molecule has 134 valence electrons. The molecule has 0 spiro atoms. The van der Waals surface area contributed by atoms with Crippen molar-refractivity contribution in [3.63, 3.8) is 0 Å². The van der Waals surface area contributed by atoms with Crippen LogP contribution in [0, 0.1) is 6.92 Å². The number of aromatic amines is 1. The van der Waals surface area contributed by atoms with Gasteiger partial charge in [-0.05, 0) is 31.4 Å². The van der Waals surface area contributed by atoms with Gasteiger partial charge in [-0.2, -0.15) is 0 Å². The molecule has 0 radical (unpaired) electrons. The van der Waals surface area contributed by atoms with Gasteiger partial charge in [0, 0.05) is 31.9 Å². The van der Waals surface area contributed by atoms with E-state index in [2.05, 4.69) is 15.0 Å². The second kappa shape index (κ2) is 6.74. The Morgan fingerprint density at radius 3 is 3.04 bits per heavy atom. The summed E-state index contributed by atoms with van der Waals surface area (Å²) in [5, 5.41) is 0.592. The molecule has 1 amide bonds. The van der Waals surface area contributed by atoms with Gasteiger partial charge in [-0.15, -0.1) is 0 Å². The Bertz CT molecular complexity index is 993. The SMILES string of the molecule is Cc1cccc2c(=O)n(CCC(=O)N3CCCC3c3ncc[nH]3)cnc12. The maximum absolute atomic E-state index is 12.7. The van der Waals surface area contributed by atoms with Gasteiger partial charge in [-0.1, -0.05) is 12.1 Å². The highest BCUT2D eigenvalue weighted by atomic mass is 16.2. The van der Waals surface area contributed by atoms with E-state index in [-0.39, 0.29) is 23.9 Å². The molecule has 0 aliphatic carbocycles. The minimum absolute atomic E-state index is 0.00611. The molecular weight excluding hydrogens is 330 g/mol. The lowest BCUT2D eigenvalue weighted by molar-refractivity contribution is -0.132. The van der Waals surface area contributed by atoms with Crippen LogP contribution >= 0.6 is 0 Å². The van der Waals surface area contributed by atoms with E-state index >= 15 is 0 Å². The number of hydrogen-bond acceptors (Lipinski definition) is 4. The number of aryl methyl sites for hydroxylation is 2. The average molecular weight is 351 g/mol. The van der Waals surface area contributed by atoms with E-state index in [0.29, 0.717) is 11.9 Å². The van der Waals surface area contributed by atoms with Gasteiger partial charge >= 0.3 is 0 Å². The van der Waals surface area contributed by atoms with Crippen LogP contribution in [-0.2, 0) is 11.3 Å². The van der Waals surface area contributed by atoms with Gasteiger partial charge in [0.2, 0.25) is 5.91 Å². The number of para-hydroxylation sites is 1. The van der Waals surface area contributed by atoms with Crippen LogP contribution in [0.4, 0.5) is 0 Å². The highest BCUT2D eigenvalue weighted by Gasteiger charge is 2.31. The third kappa shape index (κ3) is 2.89. The molecule has 1 unspecified atom stereocenters. The molecular formula is C19H21N5O2. The number of nitrogens with zero attached hydrogens (tertiary/aromatic N) is 4. The van der Waals surface area contributed by atoms with Crippen molar-refractivity contribution >= 4 is 16.8 Å². The van der Waals surface area contributed by atoms with Gasteiger partial charge in [0.15, 0.2) is 0 Å². The molecule has 1 aromatic carbocycles. The van der Waals surface area contributed by atoms with Crippen LogP contribution in [0.1, 0.15) is 36.7 Å². The van der Waals surface area contributed by atoms with Gasteiger partial charge in [0.25, 0.3) is 5.56 Å². The lowest BCUT2D eigenvalue weighted by Gasteiger charge is -2.23. The number of imidazole rings is 1. The number of aromatic nitrogens is 4. The Morgan fingerprint density at radius 2 is 2.23 bits per heavy atom. The lowest BCUT2D eigenvalue weighted by atomic mass is 10.1. The van der Waals surface area contributed by atoms with Gasteiger partial charge in [0.1, 0.15) is 5.82 Å². The maximum atomic E-state index is 12.7. The molecule has 0 saturated carbocycles. The monoisotopic (exact) mass is 351 g/mol. The van der Waals surface area contributed by atoms with Gasteiger partial charge in [-0.25, -0.2) is 9.97 Å². The van der Waals surface area contributed by atoms with Crippen molar-refractivity contribution in [1.82, 2.24) is 24.4 Å². The predicted octanol–water partition coefficient (Wildman–Crippen LogP) is 2.18. The number of benzene rings is 1. The van der Waals surface area contributed by atoms with Crippen LogP contribution in [0.15, 0.2) is 41.7 Å². The number of hydrogen-bond donors (Lipinski definition) is 1. The molecule has 1 atom stereocenters. The topological polar surface area (TPSA) is 83.9 Å². The summed E-state index contributed by atoms with van der Waals surface area (Å²) in [6, 6.07) is 5.58. The first-order valence-electron chi connectivity index (χ1n) is 8.88. The summed E-state index contributed by atoms with van der Waals surface area (Å²) in [4.78, 5) is 39.0. The summed E-state index contributed by atoms with van der Waals surface area (Å²) in [7, 11) is 0. The van der Waals surface area contributed by atoms with E-state index in [9.17, 15) is 9.59 Å². The number of rotatable bonds is 4. The fourth-order valence-electron chi connectivity index (χ4n) is 3.67. The standard InChI is InChI=1S/C19H21N5O2/c1-13-4-2-5-14-17(13)22-12-23(19(14)26)11-7-16(25)24-10-3-6-15(24)18-20-8-9-21-18/h2,4-5,8-9,12,15H,3,6-7,10-11H2,1H3,(H,20,21). The minimum atomic E-state index is -0.101. The van der Waals surface area contributed by atoms with Gasteiger partial charge < -0.3 is 9.88 Å². The van der Waals surface area contributed by atoms with Crippen LogP contribution in [-0.4, -0.2) is 36.9 Å². The minimum Gasteiger partial charge on any atom is -0.347 e. The number of amides is 1. The quantitative estimate of drug-likeness (QED) is 0.781. The van der Waals surface area contributed by atoms with Crippen molar-refractivity contribution in [3.8, 4) is 0 Å². The Labute approximate surface area is 150 Å². The summed E-state index contributed by atoms with van der Waals surface area (Å²) in [6.07, 6.45) is 7.18. The third-order valence-electron chi connectivity index (χ3n) is 5.03. The zero-order valence-electron chi connectivity index (χ0n) is 14.7. The van der Waals surface area contributed by atoms with Crippen LogP contribution in [0.25, 0.3) is 10.9 Å². The van der Waals surface area contributed by atoms with Crippen molar-refractivity contribution in [1.29, 1.82) is 0 Å². The molecule has 1 fully saturated rings. The normalized spacial score (nSPS) is 17.1. The van der Waals surface area contributed by atoms with E-state index in [1.807, 2.05) is 24.0 Å². The third-order valence-corrected chi connectivity index (χ3v) is 5.03. The van der Waals surface area contributed by atoms with Crippen molar-refractivity contribution in [3.05, 3.63) is 58.7 Å². The van der Waals surface area contributed by atoms with E-state index in [0.717, 1.165) is 36.3 Å². The molecule has 4 rings (SSSR count). The molecule has 1 saturated heterocycles. The number of H-pyrrole nitrogens is 1. The number of carbonyl (C=O) groups is 1. The molecule has 7 nitrogen and oxygen atoms in total. The zero-order chi connectivity index (χ0) is 18.1. The Kier molecular flexibility index (Phi) is 4.28. The van der Waals surface area contributed by atoms with Crippen molar-refractivity contribution in [2.45, 2.75) is 38.8 Å². The van der Waals surface area contributed by atoms with Crippen LogP contribution in [0.5, 0.6) is 0 Å². The van der Waals surface area contributed by atoms with Crippen molar-refractivity contribution in [2.75, 3.05) is 6.54 Å². The van der Waals surface area contributed by atoms with E-state index < -0.39 is 0 Å². The fraction of sp³-hybridized carbons (Fsp3) is 0.368. The first-order chi connectivity index (χ1) is 12.6. The largest absolute Gasteiger partial charge is 0.347 e. The molecule has 1 aliphatic heterocycles. The van der Waals surface area contributed by atoms with Crippen LogP contribution in [0.3, 0.4) is 0 Å². The van der Waals surface area contributed by atoms with Crippen molar-refractivity contribution in [2.24, 2.45) is 0 Å². The first-order valence-corrected chi connectivity index (χ1v) is 8.88. The maximum Gasteiger partial charge on any atom is 0.261 e. The summed E-state index contributed by atoms with van der Waals surface area (Å²) < 4.78 is 1.53. The van der Waals surface area contributed by atoms with E-state index in [1.165, 1.54) is 4.57 Å². The van der Waals surface area contributed by atoms with Gasteiger partial charge in [-0.3, -0.25) is 14.2 Å². The fourth-order valence-corrected chi connectivity index (χ4v) is 3.67. The average Bonchev–Trinajstić information content (AvgIpc) is 3.32. The molecule has 2 aromatic heterocycles. The highest BCUT2D eigenvalue weighted by Crippen LogP contribution is 2.30. The first kappa shape index (κ1) is 16.5. The lowest BCUT2D eigenvalue weighted by Crippen LogP contribution is -2.32. The van der Waals surface area contributed by atoms with Crippen LogP contribution in [0.2, 0.25) is 0 Å². The summed E-state index contributed by atoms with van der Waals surface area (Å²) in [5.41, 5.74) is 1.59. The van der Waals surface area contributed by atoms with E-state index in [4.69, 9.17) is 0 Å². The molecule has 26 heavy (non-hydrogen) atoms. The molecule has 7 heteroatoms. The number of fused-ring (bicyclic) bond motifs is 1. The Morgan fingerprint density at radius 1 is 1.35 bits per heavy atom. The Hall–Kier alpha value is -2.96. The number of carbonyl (C=O) groups excluding carboxylic acids is 1. The van der Waals surface area contributed by atoms with Gasteiger partial charge in [0.05, 0.1) is 23.3 Å². The highest BCUT2D eigenvalue weighted by molar-refractivity contribution is 5.80. The second-order valence-electron chi connectivity index (χ2n) is 6.68. The van der Waals surface area contributed by atoms with Crippen molar-refractivity contribution < 1.29 is 4.79 Å². The molecule has 1 aliphatic rings. The predicted molar refractivity (Wildman–Crippen MR) is 97.6 cm³/mol. The molecule has 3 heterocycles. The van der Waals surface area contributed by atoms with Crippen LogP contribution < -0.4 is 5.56 Å². The molecule has 0 bridgehead atoms. The molecule has 1 N–H and O–H groups in total. The van der Waals surface area contributed by atoms with E-state index in [1.54, 1.807) is 24.8 Å². The molecule has 3 aromatic rings. The summed E-state index contributed by atoms with van der Waals surface area (Å²) >= 11 is 0. The number of nitrogens with one attached hydrogen (secondary N) is 1. The number of likely N-dealkylation sites (tertiary alicyclic amines) is 1. The summed E-state index contributed by atoms with van der Waals surface area (Å²) in [6.45, 7) is 3.00. The zero-order valence-corrected chi connectivity index (χ0v) is 14.7. The smallest absolute Gasteiger partial charge is 0.261 e. The summed E-state index contributed by atoms with van der Waals surface area (Å²) in [5.74, 6) is 0.871. The second-order valence-corrected chi connectivity index (χ2v) is 6.68.